The van der Waals surface area contributed by atoms with Crippen molar-refractivity contribution in [3.05, 3.63) is 27.2 Å². The Morgan fingerprint density at radius 2 is 1.96 bits per heavy atom. The van der Waals surface area contributed by atoms with Gasteiger partial charge in [0.05, 0.1) is 5.69 Å². The number of hydrogen-bond acceptors (Lipinski definition) is 4. The summed E-state index contributed by atoms with van der Waals surface area (Å²) in [5, 5.41) is 16.1. The number of nitrogens with one attached hydrogen (secondary N) is 1. The van der Waals surface area contributed by atoms with Gasteiger partial charge in [-0.25, -0.2) is 4.68 Å². The molecule has 6 heteroatoms. The van der Waals surface area contributed by atoms with E-state index in [0.29, 0.717) is 17.2 Å². The Morgan fingerprint density at radius 3 is 2.52 bits per heavy atom. The van der Waals surface area contributed by atoms with Crippen molar-refractivity contribution in [3.63, 3.8) is 0 Å². The Balaban J connectivity index is 2.70. The standard InChI is InChI=1S/C17H26N4O2/c1-11(2)7-6-8-12(3)19-16(22)10-21-17(23)15(9-18)13(4)14(5)20-21/h11-12H,6-8,10H2,1-5H3,(H,19,22)/t12-/m1/s1. The topological polar surface area (TPSA) is 87.8 Å². The molecule has 1 N–H and O–H groups in total. The molecule has 0 aromatic carbocycles. The van der Waals surface area contributed by atoms with Gasteiger partial charge in [-0.15, -0.1) is 0 Å². The number of carbonyl (C=O) groups is 1. The lowest BCUT2D eigenvalue weighted by Gasteiger charge is -2.15. The highest BCUT2D eigenvalue weighted by molar-refractivity contribution is 5.75. The predicted molar refractivity (Wildman–Crippen MR) is 89.0 cm³/mol. The van der Waals surface area contributed by atoms with Crippen LogP contribution >= 0.6 is 0 Å². The van der Waals surface area contributed by atoms with Gasteiger partial charge in [-0.05, 0) is 38.7 Å². The molecular weight excluding hydrogens is 292 g/mol. The molecule has 0 radical (unpaired) electrons. The number of rotatable bonds is 7. The third-order valence-electron chi connectivity index (χ3n) is 3.87. The third kappa shape index (κ3) is 5.51. The summed E-state index contributed by atoms with van der Waals surface area (Å²) in [6.45, 7) is 9.54. The lowest BCUT2D eigenvalue weighted by molar-refractivity contribution is -0.122. The van der Waals surface area contributed by atoms with E-state index in [2.05, 4.69) is 24.3 Å². The van der Waals surface area contributed by atoms with Crippen LogP contribution in [-0.4, -0.2) is 21.7 Å². The molecule has 0 unspecified atom stereocenters. The minimum atomic E-state index is -0.516. The molecule has 6 nitrogen and oxygen atoms in total. The maximum atomic E-state index is 12.1. The molecule has 1 aromatic heterocycles. The van der Waals surface area contributed by atoms with Gasteiger partial charge in [0.15, 0.2) is 0 Å². The summed E-state index contributed by atoms with van der Waals surface area (Å²) in [5.74, 6) is 0.393. The summed E-state index contributed by atoms with van der Waals surface area (Å²) in [5.41, 5.74) is 0.684. The number of aromatic nitrogens is 2. The second-order valence-electron chi connectivity index (χ2n) is 6.45. The predicted octanol–water partition coefficient (Wildman–Crippen LogP) is 2.06. The van der Waals surface area contributed by atoms with Crippen molar-refractivity contribution in [1.29, 1.82) is 5.26 Å². The first-order chi connectivity index (χ1) is 10.8. The molecule has 1 amide bonds. The van der Waals surface area contributed by atoms with Crippen molar-refractivity contribution in [3.8, 4) is 6.07 Å². The molecule has 0 saturated carbocycles. The Hall–Kier alpha value is -2.16. The number of amides is 1. The molecule has 1 heterocycles. The summed E-state index contributed by atoms with van der Waals surface area (Å²) in [4.78, 5) is 24.2. The summed E-state index contributed by atoms with van der Waals surface area (Å²) >= 11 is 0. The van der Waals surface area contributed by atoms with Crippen LogP contribution in [0.25, 0.3) is 0 Å². The van der Waals surface area contributed by atoms with E-state index in [0.717, 1.165) is 23.9 Å². The Kier molecular flexibility index (Phi) is 6.95. The van der Waals surface area contributed by atoms with Gasteiger partial charge in [0, 0.05) is 6.04 Å². The Bertz CT molecular complexity index is 656. The van der Waals surface area contributed by atoms with Crippen LogP contribution in [0.1, 0.15) is 56.9 Å². The van der Waals surface area contributed by atoms with Crippen LogP contribution in [0.3, 0.4) is 0 Å². The second kappa shape index (κ2) is 8.47. The molecule has 1 atom stereocenters. The molecular formula is C17H26N4O2. The highest BCUT2D eigenvalue weighted by atomic mass is 16.2. The minimum absolute atomic E-state index is 0.0512. The average molecular weight is 318 g/mol. The molecule has 23 heavy (non-hydrogen) atoms. The Morgan fingerprint density at radius 1 is 1.30 bits per heavy atom. The van der Waals surface area contributed by atoms with Crippen molar-refractivity contribution in [2.45, 2.75) is 66.5 Å². The highest BCUT2D eigenvalue weighted by Gasteiger charge is 2.15. The molecule has 1 rings (SSSR count). The number of nitrogens with zero attached hydrogens (tertiary/aromatic N) is 3. The molecule has 0 bridgehead atoms. The first-order valence-corrected chi connectivity index (χ1v) is 8.04. The van der Waals surface area contributed by atoms with Crippen molar-refractivity contribution >= 4 is 5.91 Å². The monoisotopic (exact) mass is 318 g/mol. The van der Waals surface area contributed by atoms with Gasteiger partial charge >= 0.3 is 0 Å². The fourth-order valence-electron chi connectivity index (χ4n) is 2.37. The van der Waals surface area contributed by atoms with Gasteiger partial charge in [-0.1, -0.05) is 26.7 Å². The summed E-state index contributed by atoms with van der Waals surface area (Å²) in [6.07, 6.45) is 3.09. The van der Waals surface area contributed by atoms with Crippen LogP contribution in [0.15, 0.2) is 4.79 Å². The quantitative estimate of drug-likeness (QED) is 0.833. The van der Waals surface area contributed by atoms with Crippen LogP contribution in [0.2, 0.25) is 0 Å². The summed E-state index contributed by atoms with van der Waals surface area (Å²) in [6, 6.07) is 1.95. The lowest BCUT2D eigenvalue weighted by Crippen LogP contribution is -2.39. The van der Waals surface area contributed by atoms with E-state index in [-0.39, 0.29) is 24.1 Å². The van der Waals surface area contributed by atoms with Gasteiger partial charge in [0.1, 0.15) is 18.2 Å². The van der Waals surface area contributed by atoms with Gasteiger partial charge in [-0.2, -0.15) is 10.4 Å². The van der Waals surface area contributed by atoms with E-state index in [1.807, 2.05) is 13.0 Å². The zero-order valence-corrected chi connectivity index (χ0v) is 14.6. The number of aryl methyl sites for hydroxylation is 1. The number of hydrogen-bond donors (Lipinski definition) is 1. The number of nitriles is 1. The fraction of sp³-hybridized carbons (Fsp3) is 0.647. The van der Waals surface area contributed by atoms with E-state index in [9.17, 15) is 9.59 Å². The zero-order valence-electron chi connectivity index (χ0n) is 14.6. The third-order valence-corrected chi connectivity index (χ3v) is 3.87. The van der Waals surface area contributed by atoms with Gasteiger partial charge < -0.3 is 5.32 Å². The van der Waals surface area contributed by atoms with E-state index in [1.54, 1.807) is 13.8 Å². The van der Waals surface area contributed by atoms with Crippen LogP contribution in [0.4, 0.5) is 0 Å². The maximum absolute atomic E-state index is 12.1. The lowest BCUT2D eigenvalue weighted by atomic mass is 10.0. The summed E-state index contributed by atoms with van der Waals surface area (Å²) < 4.78 is 1.07. The van der Waals surface area contributed by atoms with E-state index in [4.69, 9.17) is 5.26 Å². The van der Waals surface area contributed by atoms with Crippen LogP contribution < -0.4 is 10.9 Å². The molecule has 0 fully saturated rings. The zero-order chi connectivity index (χ0) is 17.6. The molecule has 0 aliphatic rings. The summed E-state index contributed by atoms with van der Waals surface area (Å²) in [7, 11) is 0. The van der Waals surface area contributed by atoms with Crippen LogP contribution in [0, 0.1) is 31.1 Å². The van der Waals surface area contributed by atoms with Crippen LogP contribution in [-0.2, 0) is 11.3 Å². The molecule has 0 aliphatic heterocycles. The highest BCUT2D eigenvalue weighted by Crippen LogP contribution is 2.08. The molecule has 0 spiro atoms. The molecule has 0 saturated heterocycles. The van der Waals surface area contributed by atoms with E-state index < -0.39 is 5.56 Å². The second-order valence-corrected chi connectivity index (χ2v) is 6.45. The van der Waals surface area contributed by atoms with Crippen molar-refractivity contribution in [2.75, 3.05) is 0 Å². The van der Waals surface area contributed by atoms with Gasteiger partial charge in [0.2, 0.25) is 5.91 Å². The average Bonchev–Trinajstić information content (AvgIpc) is 2.44. The smallest absolute Gasteiger partial charge is 0.285 e. The SMILES string of the molecule is Cc1nn(CC(=O)N[C@H](C)CCCC(C)C)c(=O)c(C#N)c1C. The van der Waals surface area contributed by atoms with E-state index in [1.165, 1.54) is 0 Å². The number of carbonyl (C=O) groups excluding carboxylic acids is 1. The van der Waals surface area contributed by atoms with Crippen LogP contribution in [0.5, 0.6) is 0 Å². The van der Waals surface area contributed by atoms with E-state index >= 15 is 0 Å². The molecule has 126 valence electrons. The molecule has 0 aliphatic carbocycles. The Labute approximate surface area is 137 Å². The first-order valence-electron chi connectivity index (χ1n) is 8.04. The normalized spacial score (nSPS) is 12.0. The van der Waals surface area contributed by atoms with Crippen molar-refractivity contribution in [1.82, 2.24) is 15.1 Å². The first kappa shape index (κ1) is 18.9. The largest absolute Gasteiger partial charge is 0.352 e. The van der Waals surface area contributed by atoms with Gasteiger partial charge in [-0.3, -0.25) is 9.59 Å². The minimum Gasteiger partial charge on any atom is -0.352 e. The van der Waals surface area contributed by atoms with Gasteiger partial charge in [0.25, 0.3) is 5.56 Å². The van der Waals surface area contributed by atoms with Crippen molar-refractivity contribution in [2.24, 2.45) is 5.92 Å². The fourth-order valence-corrected chi connectivity index (χ4v) is 2.37. The van der Waals surface area contributed by atoms with Crippen molar-refractivity contribution < 1.29 is 4.79 Å². The molecule has 1 aromatic rings. The maximum Gasteiger partial charge on any atom is 0.285 e.